The largest absolute Gasteiger partial charge is 0.371 e. The second kappa shape index (κ2) is 11.5. The minimum absolute atomic E-state index is 0.0994. The number of anilines is 2. The number of rotatable bonds is 9. The van der Waals surface area contributed by atoms with Crippen molar-refractivity contribution in [3.05, 3.63) is 58.6 Å². The number of piperidine rings is 1. The summed E-state index contributed by atoms with van der Waals surface area (Å²) in [5, 5.41) is 3.55. The molecule has 0 radical (unpaired) electrons. The van der Waals surface area contributed by atoms with E-state index in [9.17, 15) is 13.2 Å². The molecule has 1 amide bonds. The van der Waals surface area contributed by atoms with Gasteiger partial charge >= 0.3 is 0 Å². The average molecular weight is 506 g/mol. The molecule has 0 unspecified atom stereocenters. The van der Waals surface area contributed by atoms with Crippen molar-refractivity contribution in [2.24, 2.45) is 5.92 Å². The van der Waals surface area contributed by atoms with Gasteiger partial charge < -0.3 is 10.2 Å². The van der Waals surface area contributed by atoms with Gasteiger partial charge in [0.2, 0.25) is 15.9 Å². The smallest absolute Gasteiger partial charge is 0.232 e. The van der Waals surface area contributed by atoms with Gasteiger partial charge in [-0.1, -0.05) is 36.7 Å². The van der Waals surface area contributed by atoms with Crippen LogP contribution in [-0.4, -0.2) is 40.2 Å². The summed E-state index contributed by atoms with van der Waals surface area (Å²) < 4.78 is 26.1. The Morgan fingerprint density at radius 2 is 1.94 bits per heavy atom. The molecule has 8 heteroatoms. The first-order valence-corrected chi connectivity index (χ1v) is 14.2. The van der Waals surface area contributed by atoms with Crippen molar-refractivity contribution < 1.29 is 13.2 Å². The van der Waals surface area contributed by atoms with E-state index in [-0.39, 0.29) is 24.9 Å². The third-order valence-electron chi connectivity index (χ3n) is 6.47. The number of benzene rings is 2. The number of carbonyl (C=O) groups is 1. The number of amides is 1. The molecule has 1 aliphatic heterocycles. The first-order chi connectivity index (χ1) is 16.1. The molecule has 0 aromatic heterocycles. The molecule has 2 aromatic carbocycles. The Bertz CT molecular complexity index is 1090. The van der Waals surface area contributed by atoms with Gasteiger partial charge in [-0.3, -0.25) is 9.10 Å². The van der Waals surface area contributed by atoms with Crippen LogP contribution in [0.2, 0.25) is 5.02 Å². The van der Waals surface area contributed by atoms with Gasteiger partial charge in [0.05, 0.1) is 18.0 Å². The number of nitrogens with zero attached hydrogens (tertiary/aromatic N) is 2. The summed E-state index contributed by atoms with van der Waals surface area (Å²) in [5.74, 6) is 0.616. The maximum Gasteiger partial charge on any atom is 0.232 e. The van der Waals surface area contributed by atoms with Gasteiger partial charge in [0.15, 0.2) is 0 Å². The van der Waals surface area contributed by atoms with Crippen molar-refractivity contribution in [3.8, 4) is 0 Å². The average Bonchev–Trinajstić information content (AvgIpc) is 2.78. The second-order valence-corrected chi connectivity index (χ2v) is 11.7. The Balaban J connectivity index is 1.54. The summed E-state index contributed by atoms with van der Waals surface area (Å²) in [4.78, 5) is 15.0. The van der Waals surface area contributed by atoms with Gasteiger partial charge in [0, 0.05) is 36.8 Å². The SMILES string of the molecule is Cc1c(Cl)cccc1N(CCCC(=O)N[C@H](C)c1ccc(N2CCC[C@@H](C)C2)cc1)S(C)(=O)=O. The van der Waals surface area contributed by atoms with E-state index >= 15 is 0 Å². The molecule has 3 rings (SSSR count). The highest BCUT2D eigenvalue weighted by Gasteiger charge is 2.21. The molecule has 34 heavy (non-hydrogen) atoms. The third-order valence-corrected chi connectivity index (χ3v) is 8.06. The Hall–Kier alpha value is -2.25. The molecule has 0 aliphatic carbocycles. The zero-order valence-electron chi connectivity index (χ0n) is 20.6. The fraction of sp³-hybridized carbons (Fsp3) is 0.500. The van der Waals surface area contributed by atoms with Crippen LogP contribution in [-0.2, 0) is 14.8 Å². The van der Waals surface area contributed by atoms with Crippen LogP contribution in [0.3, 0.4) is 0 Å². The monoisotopic (exact) mass is 505 g/mol. The van der Waals surface area contributed by atoms with Crippen LogP contribution in [0, 0.1) is 12.8 Å². The topological polar surface area (TPSA) is 69.7 Å². The number of nitrogens with one attached hydrogen (secondary N) is 1. The van der Waals surface area contributed by atoms with Crippen molar-refractivity contribution >= 4 is 38.9 Å². The van der Waals surface area contributed by atoms with Gasteiger partial charge in [-0.2, -0.15) is 0 Å². The number of hydrogen-bond donors (Lipinski definition) is 1. The normalized spacial score (nSPS) is 17.3. The van der Waals surface area contributed by atoms with Crippen LogP contribution < -0.4 is 14.5 Å². The van der Waals surface area contributed by atoms with E-state index in [1.54, 1.807) is 25.1 Å². The first-order valence-electron chi connectivity index (χ1n) is 11.9. The van der Waals surface area contributed by atoms with Gasteiger partial charge in [-0.05, 0) is 74.4 Å². The Morgan fingerprint density at radius 1 is 1.24 bits per heavy atom. The fourth-order valence-electron chi connectivity index (χ4n) is 4.51. The van der Waals surface area contributed by atoms with Crippen molar-refractivity contribution in [3.63, 3.8) is 0 Å². The molecular formula is C26H36ClN3O3S. The third kappa shape index (κ3) is 6.89. The molecule has 186 valence electrons. The second-order valence-electron chi connectivity index (χ2n) is 9.40. The van der Waals surface area contributed by atoms with Crippen LogP contribution in [0.15, 0.2) is 42.5 Å². The molecule has 0 spiro atoms. The van der Waals surface area contributed by atoms with E-state index in [0.29, 0.717) is 28.6 Å². The Morgan fingerprint density at radius 3 is 2.59 bits per heavy atom. The van der Waals surface area contributed by atoms with Crippen LogP contribution in [0.5, 0.6) is 0 Å². The minimum Gasteiger partial charge on any atom is -0.371 e. The molecule has 1 N–H and O–H groups in total. The Kier molecular flexibility index (Phi) is 8.88. The number of sulfonamides is 1. The van der Waals surface area contributed by atoms with Crippen LogP contribution in [0.4, 0.5) is 11.4 Å². The fourth-order valence-corrected chi connectivity index (χ4v) is 5.69. The van der Waals surface area contributed by atoms with E-state index in [0.717, 1.165) is 18.7 Å². The van der Waals surface area contributed by atoms with E-state index in [1.807, 2.05) is 6.92 Å². The lowest BCUT2D eigenvalue weighted by atomic mass is 9.99. The molecule has 1 fully saturated rings. The highest BCUT2D eigenvalue weighted by molar-refractivity contribution is 7.92. The van der Waals surface area contributed by atoms with E-state index in [2.05, 4.69) is 41.4 Å². The highest BCUT2D eigenvalue weighted by Crippen LogP contribution is 2.29. The molecule has 2 aromatic rings. The zero-order valence-corrected chi connectivity index (χ0v) is 22.1. The Labute approximate surface area is 209 Å². The summed E-state index contributed by atoms with van der Waals surface area (Å²) in [6.07, 6.45) is 4.33. The molecule has 1 aliphatic rings. The lowest BCUT2D eigenvalue weighted by Gasteiger charge is -2.33. The van der Waals surface area contributed by atoms with Crippen LogP contribution >= 0.6 is 11.6 Å². The van der Waals surface area contributed by atoms with Crippen molar-refractivity contribution in [1.82, 2.24) is 5.32 Å². The summed E-state index contributed by atoms with van der Waals surface area (Å²) in [5.41, 5.74) is 3.53. The predicted molar refractivity (Wildman–Crippen MR) is 141 cm³/mol. The van der Waals surface area contributed by atoms with E-state index < -0.39 is 10.0 Å². The van der Waals surface area contributed by atoms with Gasteiger partial charge in [0.1, 0.15) is 0 Å². The number of carbonyl (C=O) groups excluding carboxylic acids is 1. The van der Waals surface area contributed by atoms with Crippen molar-refractivity contribution in [1.29, 1.82) is 0 Å². The van der Waals surface area contributed by atoms with Gasteiger partial charge in [-0.15, -0.1) is 0 Å². The summed E-state index contributed by atoms with van der Waals surface area (Å²) in [7, 11) is -3.50. The van der Waals surface area contributed by atoms with Gasteiger partial charge in [0.25, 0.3) is 0 Å². The number of halogens is 1. The maximum atomic E-state index is 12.6. The molecule has 1 heterocycles. The molecule has 1 saturated heterocycles. The van der Waals surface area contributed by atoms with Crippen molar-refractivity contribution in [2.45, 2.75) is 52.5 Å². The van der Waals surface area contributed by atoms with Crippen LogP contribution in [0.25, 0.3) is 0 Å². The summed E-state index contributed by atoms with van der Waals surface area (Å²) in [6.45, 7) is 8.45. The highest BCUT2D eigenvalue weighted by atomic mass is 35.5. The lowest BCUT2D eigenvalue weighted by molar-refractivity contribution is -0.121. The molecule has 6 nitrogen and oxygen atoms in total. The van der Waals surface area contributed by atoms with E-state index in [4.69, 9.17) is 11.6 Å². The summed E-state index contributed by atoms with van der Waals surface area (Å²) in [6, 6.07) is 13.5. The van der Waals surface area contributed by atoms with Crippen molar-refractivity contribution in [2.75, 3.05) is 35.1 Å². The zero-order chi connectivity index (χ0) is 24.9. The molecule has 2 atom stereocenters. The van der Waals surface area contributed by atoms with Gasteiger partial charge in [-0.25, -0.2) is 8.42 Å². The summed E-state index contributed by atoms with van der Waals surface area (Å²) >= 11 is 6.18. The standard InChI is InChI=1S/C26H36ClN3O3S/c1-19-8-6-16-29(18-19)23-14-12-22(13-15-23)21(3)28-26(31)11-7-17-30(34(4,32)33)25-10-5-9-24(27)20(25)2/h5,9-10,12-15,19,21H,6-8,11,16-18H2,1-4H3,(H,28,31)/t19-,21-/m1/s1. The molecule has 0 saturated carbocycles. The lowest BCUT2D eigenvalue weighted by Crippen LogP contribution is -2.34. The quantitative estimate of drug-likeness (QED) is 0.501. The van der Waals surface area contributed by atoms with Crippen LogP contribution in [0.1, 0.15) is 56.7 Å². The predicted octanol–water partition coefficient (Wildman–Crippen LogP) is 5.31. The molecule has 0 bridgehead atoms. The number of hydrogen-bond acceptors (Lipinski definition) is 4. The first kappa shape index (κ1) is 26.4. The minimum atomic E-state index is -3.50. The molecular weight excluding hydrogens is 470 g/mol. The maximum absolute atomic E-state index is 12.6. The van der Waals surface area contributed by atoms with E-state index in [1.165, 1.54) is 29.1 Å².